The second-order valence-corrected chi connectivity index (χ2v) is 9.63. The number of amides is 1. The third kappa shape index (κ3) is 6.17. The molecule has 1 amide bonds. The lowest BCUT2D eigenvalue weighted by Crippen LogP contribution is -2.33. The number of carbonyl (C=O) groups excluding carboxylic acids is 1. The Morgan fingerprint density at radius 1 is 1.14 bits per heavy atom. The van der Waals surface area contributed by atoms with Gasteiger partial charge in [-0.1, -0.05) is 53.5 Å². The monoisotopic (exact) mass is 455 g/mol. The van der Waals surface area contributed by atoms with Crippen LogP contribution in [0.2, 0.25) is 10.0 Å². The van der Waals surface area contributed by atoms with Crippen LogP contribution in [-0.2, 0) is 16.6 Å². The quantitative estimate of drug-likeness (QED) is 0.607. The summed E-state index contributed by atoms with van der Waals surface area (Å²) in [5.74, 6) is -0.442. The Morgan fingerprint density at radius 3 is 2.48 bits per heavy atom. The van der Waals surface area contributed by atoms with Gasteiger partial charge in [0.2, 0.25) is 10.0 Å². The van der Waals surface area contributed by atoms with Gasteiger partial charge in [-0.3, -0.25) is 4.79 Å². The average Bonchev–Trinajstić information content (AvgIpc) is 3.45. The number of likely N-dealkylation sites (N-methyl/N-ethyl adjacent to an activating group) is 1. The Bertz CT molecular complexity index is 980. The zero-order valence-corrected chi connectivity index (χ0v) is 18.3. The predicted molar refractivity (Wildman–Crippen MR) is 115 cm³/mol. The van der Waals surface area contributed by atoms with E-state index in [1.54, 1.807) is 0 Å². The smallest absolute Gasteiger partial charge is 0.252 e. The molecule has 0 atom stereocenters. The van der Waals surface area contributed by atoms with Crippen molar-refractivity contribution in [3.8, 4) is 0 Å². The molecule has 1 fully saturated rings. The highest BCUT2D eigenvalue weighted by Gasteiger charge is 2.30. The Morgan fingerprint density at radius 2 is 1.83 bits per heavy atom. The van der Waals surface area contributed by atoms with Gasteiger partial charge < -0.3 is 10.2 Å². The molecule has 0 radical (unpaired) electrons. The highest BCUT2D eigenvalue weighted by atomic mass is 35.5. The van der Waals surface area contributed by atoms with Crippen molar-refractivity contribution < 1.29 is 13.2 Å². The maximum Gasteiger partial charge on any atom is 0.252 e. The number of benzene rings is 2. The molecule has 156 valence electrons. The van der Waals surface area contributed by atoms with Gasteiger partial charge in [-0.05, 0) is 37.6 Å². The fraction of sp³-hybridized carbons (Fsp3) is 0.350. The highest BCUT2D eigenvalue weighted by molar-refractivity contribution is 7.89. The largest absolute Gasteiger partial charge is 0.351 e. The van der Waals surface area contributed by atoms with Gasteiger partial charge in [0.1, 0.15) is 4.90 Å². The fourth-order valence-electron chi connectivity index (χ4n) is 2.82. The van der Waals surface area contributed by atoms with Crippen molar-refractivity contribution in [1.82, 2.24) is 14.9 Å². The molecule has 29 heavy (non-hydrogen) atoms. The lowest BCUT2D eigenvalue weighted by atomic mass is 10.2. The van der Waals surface area contributed by atoms with E-state index < -0.39 is 15.9 Å². The Labute approximate surface area is 181 Å². The summed E-state index contributed by atoms with van der Waals surface area (Å²) >= 11 is 12.2. The molecule has 0 aromatic heterocycles. The summed E-state index contributed by atoms with van der Waals surface area (Å²) in [6, 6.07) is 12.5. The Kier molecular flexibility index (Phi) is 7.19. The van der Waals surface area contributed by atoms with Crippen molar-refractivity contribution in [1.29, 1.82) is 0 Å². The summed E-state index contributed by atoms with van der Waals surface area (Å²) in [6.07, 6.45) is 1.60. The van der Waals surface area contributed by atoms with E-state index in [4.69, 9.17) is 23.2 Å². The van der Waals surface area contributed by atoms with E-state index in [1.807, 2.05) is 37.4 Å². The van der Waals surface area contributed by atoms with Crippen LogP contribution in [0.5, 0.6) is 0 Å². The van der Waals surface area contributed by atoms with Crippen molar-refractivity contribution >= 4 is 39.1 Å². The van der Waals surface area contributed by atoms with Crippen LogP contribution in [0.15, 0.2) is 47.4 Å². The normalized spacial score (nSPS) is 14.2. The first-order chi connectivity index (χ1) is 13.8. The zero-order chi connectivity index (χ0) is 21.0. The molecule has 1 aliphatic carbocycles. The van der Waals surface area contributed by atoms with Crippen molar-refractivity contribution in [2.24, 2.45) is 0 Å². The molecule has 3 rings (SSSR count). The first-order valence-electron chi connectivity index (χ1n) is 9.28. The van der Waals surface area contributed by atoms with Crippen molar-refractivity contribution in [2.45, 2.75) is 30.3 Å². The number of nitrogens with zero attached hydrogens (tertiary/aromatic N) is 1. The first kappa shape index (κ1) is 22.1. The molecule has 2 N–H and O–H groups in total. The molecule has 6 nitrogen and oxygen atoms in total. The minimum absolute atomic E-state index is 0.0118. The third-order valence-electron chi connectivity index (χ3n) is 4.53. The zero-order valence-electron chi connectivity index (χ0n) is 16.0. The van der Waals surface area contributed by atoms with Crippen LogP contribution in [0.4, 0.5) is 0 Å². The van der Waals surface area contributed by atoms with E-state index in [0.717, 1.165) is 19.4 Å². The third-order valence-corrected chi connectivity index (χ3v) is 6.83. The number of nitrogens with one attached hydrogen (secondary N) is 2. The number of hydrogen-bond acceptors (Lipinski definition) is 4. The molecule has 2 aromatic rings. The number of carbonyl (C=O) groups is 1. The van der Waals surface area contributed by atoms with Gasteiger partial charge in [-0.2, -0.15) is 0 Å². The van der Waals surface area contributed by atoms with E-state index in [0.29, 0.717) is 13.1 Å². The molecule has 0 bridgehead atoms. The maximum atomic E-state index is 12.6. The first-order valence-corrected chi connectivity index (χ1v) is 11.5. The number of hydrogen-bond donors (Lipinski definition) is 2. The molecule has 0 saturated heterocycles. The molecular weight excluding hydrogens is 433 g/mol. The molecule has 0 aliphatic heterocycles. The van der Waals surface area contributed by atoms with Gasteiger partial charge in [-0.15, -0.1) is 0 Å². The summed E-state index contributed by atoms with van der Waals surface area (Å²) in [7, 11) is -1.84. The van der Waals surface area contributed by atoms with Gasteiger partial charge in [0, 0.05) is 25.7 Å². The van der Waals surface area contributed by atoms with Gasteiger partial charge in [0.05, 0.1) is 15.6 Å². The Balaban J connectivity index is 1.62. The number of sulfonamides is 1. The van der Waals surface area contributed by atoms with Gasteiger partial charge >= 0.3 is 0 Å². The van der Waals surface area contributed by atoms with Crippen LogP contribution in [0, 0.1) is 0 Å². The minimum Gasteiger partial charge on any atom is -0.351 e. The van der Waals surface area contributed by atoms with Crippen LogP contribution in [0.1, 0.15) is 28.8 Å². The van der Waals surface area contributed by atoms with E-state index >= 15 is 0 Å². The van der Waals surface area contributed by atoms with Gasteiger partial charge in [0.25, 0.3) is 5.91 Å². The molecule has 0 unspecified atom stereocenters. The summed E-state index contributed by atoms with van der Waals surface area (Å²) in [6.45, 7) is 1.78. The summed E-state index contributed by atoms with van der Waals surface area (Å²) < 4.78 is 27.5. The average molecular weight is 456 g/mol. The van der Waals surface area contributed by atoms with Crippen LogP contribution in [-0.4, -0.2) is 45.4 Å². The van der Waals surface area contributed by atoms with Crippen molar-refractivity contribution in [2.75, 3.05) is 20.1 Å². The van der Waals surface area contributed by atoms with Crippen LogP contribution >= 0.6 is 23.2 Å². The van der Waals surface area contributed by atoms with Crippen molar-refractivity contribution in [3.05, 3.63) is 63.6 Å². The van der Waals surface area contributed by atoms with E-state index in [2.05, 4.69) is 14.9 Å². The van der Waals surface area contributed by atoms with Crippen LogP contribution in [0.3, 0.4) is 0 Å². The summed E-state index contributed by atoms with van der Waals surface area (Å²) in [4.78, 5) is 14.5. The van der Waals surface area contributed by atoms with Gasteiger partial charge in [-0.25, -0.2) is 13.1 Å². The molecule has 0 spiro atoms. The molecular formula is C20H23Cl2N3O3S. The number of halogens is 2. The molecule has 0 heterocycles. The van der Waals surface area contributed by atoms with Crippen LogP contribution < -0.4 is 10.0 Å². The van der Waals surface area contributed by atoms with Gasteiger partial charge in [0.15, 0.2) is 0 Å². The molecule has 2 aromatic carbocycles. The van der Waals surface area contributed by atoms with Crippen LogP contribution in [0.25, 0.3) is 0 Å². The minimum atomic E-state index is -3.80. The molecule has 1 saturated carbocycles. The molecule has 9 heteroatoms. The topological polar surface area (TPSA) is 78.5 Å². The standard InChI is InChI=1S/C20H23Cl2N3O3S/c1-25(13-14-5-3-2-4-6-14)10-9-23-20(26)16-11-19(18(22)12-17(16)21)29(27,28)24-15-7-8-15/h2-6,11-12,15,24H,7-10,13H2,1H3,(H,23,26). The second kappa shape index (κ2) is 9.45. The van der Waals surface area contributed by atoms with E-state index in [9.17, 15) is 13.2 Å². The predicted octanol–water partition coefficient (Wildman–Crippen LogP) is 3.30. The Hall–Kier alpha value is -1.64. The van der Waals surface area contributed by atoms with E-state index in [1.165, 1.54) is 17.7 Å². The van der Waals surface area contributed by atoms with Crippen molar-refractivity contribution in [3.63, 3.8) is 0 Å². The summed E-state index contributed by atoms with van der Waals surface area (Å²) in [5, 5.41) is 2.88. The summed E-state index contributed by atoms with van der Waals surface area (Å²) in [5.41, 5.74) is 1.26. The number of rotatable bonds is 9. The SMILES string of the molecule is CN(CCNC(=O)c1cc(S(=O)(=O)NC2CC2)c(Cl)cc1Cl)Cc1ccccc1. The fourth-order valence-corrected chi connectivity index (χ4v) is 4.99. The van der Waals surface area contributed by atoms with E-state index in [-0.39, 0.29) is 26.5 Å². The lowest BCUT2D eigenvalue weighted by molar-refractivity contribution is 0.0949. The maximum absolute atomic E-state index is 12.6. The second-order valence-electron chi connectivity index (χ2n) is 7.14. The molecule has 1 aliphatic rings. The highest BCUT2D eigenvalue weighted by Crippen LogP contribution is 2.30. The lowest BCUT2D eigenvalue weighted by Gasteiger charge is -2.17.